The van der Waals surface area contributed by atoms with Crippen molar-refractivity contribution in [1.29, 1.82) is 0 Å². The Morgan fingerprint density at radius 1 is 1.43 bits per heavy atom. The van der Waals surface area contributed by atoms with Gasteiger partial charge in [0.25, 0.3) is 11.8 Å². The highest BCUT2D eigenvalue weighted by Gasteiger charge is 2.46. The van der Waals surface area contributed by atoms with E-state index in [-0.39, 0.29) is 23.3 Å². The molecule has 2 amide bonds. The standard InChI is InChI=1S/C8H10N2O3S/c9-6(14)3-10-7(11)4-1-2-5(13-4)8(10)12/h4-5H,1-3H2,(H2,9,14). The molecule has 2 saturated heterocycles. The Morgan fingerprint density at radius 2 is 1.93 bits per heavy atom. The van der Waals surface area contributed by atoms with E-state index < -0.39 is 12.2 Å². The van der Waals surface area contributed by atoms with Crippen LogP contribution in [-0.4, -0.2) is 40.5 Å². The molecule has 2 aliphatic heterocycles. The normalized spacial score (nSPS) is 31.0. The second-order valence-corrected chi connectivity index (χ2v) is 3.94. The molecule has 2 N–H and O–H groups in total. The summed E-state index contributed by atoms with van der Waals surface area (Å²) in [5.74, 6) is -0.617. The zero-order valence-electron chi connectivity index (χ0n) is 7.43. The topological polar surface area (TPSA) is 72.6 Å². The quantitative estimate of drug-likeness (QED) is 0.480. The first-order valence-corrected chi connectivity index (χ1v) is 4.79. The molecule has 0 spiro atoms. The number of carbonyl (C=O) groups excluding carboxylic acids is 2. The van der Waals surface area contributed by atoms with Crippen LogP contribution >= 0.6 is 12.2 Å². The van der Waals surface area contributed by atoms with Crippen molar-refractivity contribution in [2.45, 2.75) is 25.0 Å². The van der Waals surface area contributed by atoms with Crippen LogP contribution in [0.5, 0.6) is 0 Å². The molecule has 2 fully saturated rings. The van der Waals surface area contributed by atoms with Gasteiger partial charge < -0.3 is 10.5 Å². The van der Waals surface area contributed by atoms with Gasteiger partial charge in [0.1, 0.15) is 12.2 Å². The summed E-state index contributed by atoms with van der Waals surface area (Å²) in [5.41, 5.74) is 5.30. The zero-order chi connectivity index (χ0) is 10.3. The summed E-state index contributed by atoms with van der Waals surface area (Å²) in [6.07, 6.45) is 0.297. The molecule has 2 aliphatic rings. The first-order chi connectivity index (χ1) is 6.59. The van der Waals surface area contributed by atoms with Crippen LogP contribution in [0.2, 0.25) is 0 Å². The fourth-order valence-electron chi connectivity index (χ4n) is 1.77. The third-order valence-corrected chi connectivity index (χ3v) is 2.55. The summed E-state index contributed by atoms with van der Waals surface area (Å²) in [4.78, 5) is 24.4. The van der Waals surface area contributed by atoms with Gasteiger partial charge in [-0.3, -0.25) is 14.5 Å². The molecule has 2 atom stereocenters. The highest BCUT2D eigenvalue weighted by molar-refractivity contribution is 7.80. The summed E-state index contributed by atoms with van der Waals surface area (Å²) in [7, 11) is 0. The van der Waals surface area contributed by atoms with E-state index in [0.29, 0.717) is 12.8 Å². The summed E-state index contributed by atoms with van der Waals surface area (Å²) >= 11 is 4.67. The largest absolute Gasteiger partial charge is 0.392 e. The zero-order valence-corrected chi connectivity index (χ0v) is 8.25. The first-order valence-electron chi connectivity index (χ1n) is 4.38. The fraction of sp³-hybridized carbons (Fsp3) is 0.625. The SMILES string of the molecule is NC(=S)CN1C(=O)C2CCC(O2)C1=O. The monoisotopic (exact) mass is 214 g/mol. The molecule has 0 radical (unpaired) electrons. The van der Waals surface area contributed by atoms with E-state index >= 15 is 0 Å². The van der Waals surface area contributed by atoms with Crippen molar-refractivity contribution in [3.8, 4) is 0 Å². The summed E-state index contributed by atoms with van der Waals surface area (Å²) in [5, 5.41) is 0. The Hall–Kier alpha value is -1.01. The number of carbonyl (C=O) groups is 2. The molecule has 5 nitrogen and oxygen atoms in total. The summed E-state index contributed by atoms with van der Waals surface area (Å²) in [6, 6.07) is 0. The lowest BCUT2D eigenvalue weighted by molar-refractivity contribution is -0.167. The number of likely N-dealkylation sites (tertiary alicyclic amines) is 1. The van der Waals surface area contributed by atoms with E-state index in [4.69, 9.17) is 10.5 Å². The summed E-state index contributed by atoms with van der Waals surface area (Å²) < 4.78 is 5.21. The predicted octanol–water partition coefficient (Wildman–Crippen LogP) is -0.811. The molecule has 0 aliphatic carbocycles. The van der Waals surface area contributed by atoms with Crippen LogP contribution in [0, 0.1) is 0 Å². The number of amides is 2. The van der Waals surface area contributed by atoms with Gasteiger partial charge in [-0.05, 0) is 12.8 Å². The second-order valence-electron chi connectivity index (χ2n) is 3.42. The number of nitrogens with zero attached hydrogens (tertiary/aromatic N) is 1. The number of ether oxygens (including phenoxy) is 1. The number of morpholine rings is 1. The van der Waals surface area contributed by atoms with Crippen molar-refractivity contribution in [3.05, 3.63) is 0 Å². The molecule has 2 heterocycles. The number of hydrogen-bond donors (Lipinski definition) is 1. The average Bonchev–Trinajstić information content (AvgIpc) is 2.55. The fourth-order valence-corrected chi connectivity index (χ4v) is 1.90. The molecule has 76 valence electrons. The molecule has 14 heavy (non-hydrogen) atoms. The van der Waals surface area contributed by atoms with Crippen molar-refractivity contribution < 1.29 is 14.3 Å². The van der Waals surface area contributed by atoms with Gasteiger partial charge in [0.15, 0.2) is 0 Å². The minimum atomic E-state index is -0.466. The Labute approximate surface area is 86.2 Å². The van der Waals surface area contributed by atoms with Crippen LogP contribution < -0.4 is 5.73 Å². The van der Waals surface area contributed by atoms with E-state index in [0.717, 1.165) is 4.90 Å². The van der Waals surface area contributed by atoms with Gasteiger partial charge in [-0.2, -0.15) is 0 Å². The van der Waals surface area contributed by atoms with Gasteiger partial charge in [0, 0.05) is 0 Å². The Morgan fingerprint density at radius 3 is 2.36 bits per heavy atom. The third-order valence-electron chi connectivity index (χ3n) is 2.42. The third kappa shape index (κ3) is 1.40. The molecule has 2 bridgehead atoms. The van der Waals surface area contributed by atoms with E-state index in [9.17, 15) is 9.59 Å². The van der Waals surface area contributed by atoms with E-state index in [2.05, 4.69) is 12.2 Å². The lowest BCUT2D eigenvalue weighted by Gasteiger charge is -2.29. The number of thiocarbonyl (C=S) groups is 1. The predicted molar refractivity (Wildman–Crippen MR) is 51.4 cm³/mol. The van der Waals surface area contributed by atoms with Gasteiger partial charge in [-0.15, -0.1) is 0 Å². The van der Waals surface area contributed by atoms with Crippen LogP contribution in [0.4, 0.5) is 0 Å². The Balaban J connectivity index is 2.19. The maximum absolute atomic E-state index is 11.6. The van der Waals surface area contributed by atoms with Crippen molar-refractivity contribution >= 4 is 29.0 Å². The molecular formula is C8H10N2O3S. The van der Waals surface area contributed by atoms with Gasteiger partial charge in [0.2, 0.25) is 0 Å². The van der Waals surface area contributed by atoms with Gasteiger partial charge in [-0.1, -0.05) is 12.2 Å². The lowest BCUT2D eigenvalue weighted by Crippen LogP contribution is -2.53. The Kier molecular flexibility index (Phi) is 2.24. The molecule has 2 unspecified atom stereocenters. The molecule has 0 aromatic heterocycles. The number of hydrogen-bond acceptors (Lipinski definition) is 4. The maximum atomic E-state index is 11.6. The Bertz CT molecular complexity index is 296. The minimum absolute atomic E-state index is 0.0311. The lowest BCUT2D eigenvalue weighted by atomic mass is 10.2. The van der Waals surface area contributed by atoms with Crippen molar-refractivity contribution in [2.24, 2.45) is 5.73 Å². The van der Waals surface area contributed by atoms with Crippen molar-refractivity contribution in [2.75, 3.05) is 6.54 Å². The maximum Gasteiger partial charge on any atom is 0.258 e. The average molecular weight is 214 g/mol. The molecule has 2 rings (SSSR count). The number of imide groups is 1. The first kappa shape index (κ1) is 9.54. The second kappa shape index (κ2) is 3.29. The van der Waals surface area contributed by atoms with E-state index in [1.54, 1.807) is 0 Å². The molecule has 0 aromatic rings. The molecule has 0 saturated carbocycles. The highest BCUT2D eigenvalue weighted by atomic mass is 32.1. The van der Waals surface area contributed by atoms with Crippen LogP contribution in [0.25, 0.3) is 0 Å². The minimum Gasteiger partial charge on any atom is -0.392 e. The van der Waals surface area contributed by atoms with Crippen molar-refractivity contribution in [3.63, 3.8) is 0 Å². The molecule has 0 aromatic carbocycles. The molecule has 6 heteroatoms. The number of rotatable bonds is 2. The summed E-state index contributed by atoms with van der Waals surface area (Å²) in [6.45, 7) is 0.0311. The van der Waals surface area contributed by atoms with Crippen LogP contribution in [0.3, 0.4) is 0 Å². The van der Waals surface area contributed by atoms with Gasteiger partial charge >= 0.3 is 0 Å². The van der Waals surface area contributed by atoms with Crippen LogP contribution in [0.1, 0.15) is 12.8 Å². The highest BCUT2D eigenvalue weighted by Crippen LogP contribution is 2.27. The van der Waals surface area contributed by atoms with Crippen LogP contribution in [0.15, 0.2) is 0 Å². The van der Waals surface area contributed by atoms with E-state index in [1.807, 2.05) is 0 Å². The van der Waals surface area contributed by atoms with E-state index in [1.165, 1.54) is 0 Å². The smallest absolute Gasteiger partial charge is 0.258 e. The molecular weight excluding hydrogens is 204 g/mol. The van der Waals surface area contributed by atoms with Crippen molar-refractivity contribution in [1.82, 2.24) is 4.90 Å². The van der Waals surface area contributed by atoms with Gasteiger partial charge in [0.05, 0.1) is 11.5 Å². The van der Waals surface area contributed by atoms with Crippen LogP contribution in [-0.2, 0) is 14.3 Å². The number of fused-ring (bicyclic) bond motifs is 2. The van der Waals surface area contributed by atoms with Gasteiger partial charge in [-0.25, -0.2) is 0 Å². The number of nitrogens with two attached hydrogens (primary N) is 1.